The van der Waals surface area contributed by atoms with Crippen LogP contribution in [0.5, 0.6) is 0 Å². The molecule has 0 bridgehead atoms. The number of nitrogens with zero attached hydrogens (tertiary/aromatic N) is 1. The zero-order chi connectivity index (χ0) is 25.8. The first-order chi connectivity index (χ1) is 17.3. The molecule has 3 atom stereocenters. The lowest BCUT2D eigenvalue weighted by Crippen LogP contribution is -2.67. The lowest BCUT2D eigenvalue weighted by molar-refractivity contribution is -0.133. The molecule has 0 radical (unpaired) electrons. The Hall–Kier alpha value is -2.44. The topological polar surface area (TPSA) is 49.8 Å². The summed E-state index contributed by atoms with van der Waals surface area (Å²) in [7, 11) is -2.76. The zero-order valence-corrected chi connectivity index (χ0v) is 23.1. The molecular formula is C30H36ClNO3Si. The molecule has 0 saturated heterocycles. The van der Waals surface area contributed by atoms with E-state index in [4.69, 9.17) is 16.0 Å². The molecule has 1 aliphatic rings. The number of benzene rings is 3. The number of carbonyl (C=O) groups is 1. The van der Waals surface area contributed by atoms with Gasteiger partial charge < -0.3 is 14.4 Å². The highest BCUT2D eigenvalue weighted by Gasteiger charge is 2.53. The smallest absolute Gasteiger partial charge is 0.261 e. The van der Waals surface area contributed by atoms with E-state index in [1.807, 2.05) is 42.5 Å². The SMILES string of the molecule is CC(C)(C)[Si](OC1CC(O)C(N(Cc2ccccc2)C(=O)CCl)C1)(c1ccccc1)c1ccccc1. The molecule has 1 aliphatic carbocycles. The minimum Gasteiger partial charge on any atom is -0.404 e. The molecule has 3 aromatic rings. The fraction of sp³-hybridized carbons (Fsp3) is 0.367. The Morgan fingerprint density at radius 2 is 1.42 bits per heavy atom. The lowest BCUT2D eigenvalue weighted by atomic mass is 10.1. The summed E-state index contributed by atoms with van der Waals surface area (Å²) in [6.45, 7) is 7.17. The molecule has 36 heavy (non-hydrogen) atoms. The van der Waals surface area contributed by atoms with Gasteiger partial charge in [-0.05, 0) is 27.4 Å². The monoisotopic (exact) mass is 521 g/mol. The molecule has 4 rings (SSSR count). The van der Waals surface area contributed by atoms with Crippen LogP contribution in [-0.4, -0.2) is 48.4 Å². The van der Waals surface area contributed by atoms with Gasteiger partial charge in [0.05, 0.1) is 18.2 Å². The first-order valence-electron chi connectivity index (χ1n) is 12.6. The van der Waals surface area contributed by atoms with Crippen molar-refractivity contribution in [2.24, 2.45) is 0 Å². The van der Waals surface area contributed by atoms with Crippen LogP contribution in [0.4, 0.5) is 0 Å². The molecule has 6 heteroatoms. The highest BCUT2D eigenvalue weighted by molar-refractivity contribution is 6.99. The van der Waals surface area contributed by atoms with Crippen molar-refractivity contribution in [3.63, 3.8) is 0 Å². The highest BCUT2D eigenvalue weighted by Crippen LogP contribution is 2.40. The average molecular weight is 522 g/mol. The van der Waals surface area contributed by atoms with Gasteiger partial charge in [0.15, 0.2) is 0 Å². The summed E-state index contributed by atoms with van der Waals surface area (Å²) in [5.74, 6) is -0.285. The van der Waals surface area contributed by atoms with Gasteiger partial charge in [-0.3, -0.25) is 4.79 Å². The van der Waals surface area contributed by atoms with E-state index in [2.05, 4.69) is 69.3 Å². The summed E-state index contributed by atoms with van der Waals surface area (Å²) in [5, 5.41) is 13.4. The van der Waals surface area contributed by atoms with Crippen molar-refractivity contribution in [3.8, 4) is 0 Å². The number of amides is 1. The number of alkyl halides is 1. The Morgan fingerprint density at radius 3 is 1.89 bits per heavy atom. The zero-order valence-electron chi connectivity index (χ0n) is 21.3. The first kappa shape index (κ1) is 26.6. The van der Waals surface area contributed by atoms with Crippen LogP contribution in [0.15, 0.2) is 91.0 Å². The lowest BCUT2D eigenvalue weighted by Gasteiger charge is -2.44. The molecule has 3 unspecified atom stereocenters. The van der Waals surface area contributed by atoms with Crippen molar-refractivity contribution >= 4 is 36.2 Å². The summed E-state index contributed by atoms with van der Waals surface area (Å²) in [6, 6.07) is 30.5. The van der Waals surface area contributed by atoms with E-state index in [-0.39, 0.29) is 29.0 Å². The van der Waals surface area contributed by atoms with E-state index in [9.17, 15) is 9.90 Å². The number of aliphatic hydroxyl groups excluding tert-OH is 1. The summed E-state index contributed by atoms with van der Waals surface area (Å²) < 4.78 is 7.26. The molecule has 1 fully saturated rings. The molecule has 0 aromatic heterocycles. The van der Waals surface area contributed by atoms with E-state index in [0.29, 0.717) is 19.4 Å². The Morgan fingerprint density at radius 1 is 0.917 bits per heavy atom. The molecule has 1 N–H and O–H groups in total. The van der Waals surface area contributed by atoms with Gasteiger partial charge in [-0.2, -0.15) is 0 Å². The van der Waals surface area contributed by atoms with E-state index in [1.54, 1.807) is 4.90 Å². The number of halogens is 1. The van der Waals surface area contributed by atoms with Crippen molar-refractivity contribution < 1.29 is 14.3 Å². The molecule has 0 aliphatic heterocycles. The maximum atomic E-state index is 12.9. The number of carbonyl (C=O) groups excluding carboxylic acids is 1. The average Bonchev–Trinajstić information content (AvgIpc) is 3.25. The Kier molecular flexibility index (Phi) is 8.36. The van der Waals surface area contributed by atoms with Crippen LogP contribution in [-0.2, 0) is 15.8 Å². The number of hydrogen-bond donors (Lipinski definition) is 1. The van der Waals surface area contributed by atoms with Crippen LogP contribution in [0.3, 0.4) is 0 Å². The van der Waals surface area contributed by atoms with Gasteiger partial charge >= 0.3 is 0 Å². The van der Waals surface area contributed by atoms with Crippen LogP contribution in [0, 0.1) is 0 Å². The van der Waals surface area contributed by atoms with Crippen molar-refractivity contribution in [3.05, 3.63) is 96.6 Å². The summed E-state index contributed by atoms with van der Waals surface area (Å²) in [6.07, 6.45) is 0.193. The predicted molar refractivity (Wildman–Crippen MR) is 149 cm³/mol. The van der Waals surface area contributed by atoms with Crippen molar-refractivity contribution in [2.45, 2.75) is 63.4 Å². The van der Waals surface area contributed by atoms with E-state index in [0.717, 1.165) is 5.56 Å². The molecule has 190 valence electrons. The third kappa shape index (κ3) is 5.45. The maximum absolute atomic E-state index is 12.9. The molecule has 4 nitrogen and oxygen atoms in total. The fourth-order valence-corrected chi connectivity index (χ4v) is 10.4. The molecule has 0 heterocycles. The Bertz CT molecular complexity index is 1080. The number of rotatable bonds is 8. The van der Waals surface area contributed by atoms with Crippen LogP contribution in [0.2, 0.25) is 5.04 Å². The third-order valence-corrected chi connectivity index (χ3v) is 12.6. The number of hydrogen-bond acceptors (Lipinski definition) is 3. The maximum Gasteiger partial charge on any atom is 0.261 e. The van der Waals surface area contributed by atoms with Crippen molar-refractivity contribution in [1.82, 2.24) is 4.90 Å². The molecular weight excluding hydrogens is 486 g/mol. The minimum atomic E-state index is -2.76. The molecule has 3 aromatic carbocycles. The standard InChI is InChI=1S/C30H36ClNO3Si/c1-30(2,3)36(25-15-9-5-10-16-25,26-17-11-6-12-18-26)35-24-19-27(28(33)20-24)32(29(34)21-31)22-23-13-7-4-8-14-23/h4-18,24,27-28,33H,19-22H2,1-3H3. The summed E-state index contributed by atoms with van der Waals surface area (Å²) in [4.78, 5) is 14.6. The second-order valence-electron chi connectivity index (χ2n) is 10.7. The van der Waals surface area contributed by atoms with Crippen molar-refractivity contribution in [2.75, 3.05) is 5.88 Å². The van der Waals surface area contributed by atoms with Gasteiger partial charge in [-0.15, -0.1) is 11.6 Å². The van der Waals surface area contributed by atoms with Crippen LogP contribution < -0.4 is 10.4 Å². The Balaban J connectivity index is 1.68. The van der Waals surface area contributed by atoms with Gasteiger partial charge in [-0.25, -0.2) is 0 Å². The van der Waals surface area contributed by atoms with Crippen LogP contribution in [0.1, 0.15) is 39.2 Å². The van der Waals surface area contributed by atoms with Gasteiger partial charge in [-0.1, -0.05) is 112 Å². The third-order valence-electron chi connectivity index (χ3n) is 7.24. The number of aliphatic hydroxyl groups is 1. The second-order valence-corrected chi connectivity index (χ2v) is 15.2. The first-order valence-corrected chi connectivity index (χ1v) is 15.1. The summed E-state index contributed by atoms with van der Waals surface area (Å²) in [5.41, 5.74) is 1.01. The van der Waals surface area contributed by atoms with Crippen LogP contribution in [0.25, 0.3) is 0 Å². The van der Waals surface area contributed by atoms with E-state index < -0.39 is 14.4 Å². The van der Waals surface area contributed by atoms with Gasteiger partial charge in [0.25, 0.3) is 8.32 Å². The second kappa shape index (κ2) is 11.3. The molecule has 0 spiro atoms. The largest absolute Gasteiger partial charge is 0.404 e. The summed E-state index contributed by atoms with van der Waals surface area (Å²) >= 11 is 6.00. The quantitative estimate of drug-likeness (QED) is 0.344. The minimum absolute atomic E-state index is 0.115. The van der Waals surface area contributed by atoms with Crippen molar-refractivity contribution in [1.29, 1.82) is 0 Å². The normalized spacial score (nSPS) is 20.3. The van der Waals surface area contributed by atoms with Gasteiger partial charge in [0, 0.05) is 13.0 Å². The fourth-order valence-electron chi connectivity index (χ4n) is 5.57. The molecule has 1 amide bonds. The Labute approximate surface area is 221 Å². The predicted octanol–water partition coefficient (Wildman–Crippen LogP) is 4.72. The highest BCUT2D eigenvalue weighted by atomic mass is 35.5. The van der Waals surface area contributed by atoms with Crippen LogP contribution >= 0.6 is 11.6 Å². The van der Waals surface area contributed by atoms with E-state index >= 15 is 0 Å². The van der Waals surface area contributed by atoms with E-state index in [1.165, 1.54) is 10.4 Å². The van der Waals surface area contributed by atoms with Gasteiger partial charge in [0.1, 0.15) is 5.88 Å². The molecule has 1 saturated carbocycles. The van der Waals surface area contributed by atoms with Gasteiger partial charge in [0.2, 0.25) is 5.91 Å².